The minimum Gasteiger partial charge on any atom is -0.350 e. The Morgan fingerprint density at radius 3 is 2.60 bits per heavy atom. The van der Waals surface area contributed by atoms with Gasteiger partial charge in [-0.1, -0.05) is 19.9 Å². The number of thiophene rings is 1. The maximum atomic E-state index is 13.0. The van der Waals surface area contributed by atoms with Gasteiger partial charge in [-0.05, 0) is 54.5 Å². The maximum Gasteiger partial charge on any atom is 0.241 e. The minimum atomic E-state index is -3.91. The topological polar surface area (TPSA) is 95.6 Å². The van der Waals surface area contributed by atoms with Gasteiger partial charge in [-0.2, -0.15) is 4.72 Å². The molecule has 2 N–H and O–H groups in total. The Labute approximate surface area is 181 Å². The van der Waals surface area contributed by atoms with E-state index in [1.54, 1.807) is 30.9 Å². The summed E-state index contributed by atoms with van der Waals surface area (Å²) in [5.41, 5.74) is 1.55. The van der Waals surface area contributed by atoms with Crippen LogP contribution in [0.2, 0.25) is 0 Å². The van der Waals surface area contributed by atoms with E-state index in [-0.39, 0.29) is 28.7 Å². The summed E-state index contributed by atoms with van der Waals surface area (Å²) in [7, 11) is -3.91. The molecule has 0 saturated heterocycles. The zero-order valence-corrected chi connectivity index (χ0v) is 19.1. The molecule has 2 aromatic rings. The number of sulfonamides is 1. The highest BCUT2D eigenvalue weighted by molar-refractivity contribution is 7.89. The predicted molar refractivity (Wildman–Crippen MR) is 118 cm³/mol. The fourth-order valence-electron chi connectivity index (χ4n) is 3.68. The van der Waals surface area contributed by atoms with Gasteiger partial charge in [0.15, 0.2) is 0 Å². The van der Waals surface area contributed by atoms with E-state index in [2.05, 4.69) is 10.0 Å². The maximum absolute atomic E-state index is 13.0. The van der Waals surface area contributed by atoms with Gasteiger partial charge in [-0.25, -0.2) is 8.42 Å². The Balaban J connectivity index is 1.78. The SMILES string of the molecule is CC(=O)N1c2ccc(S(=O)(=O)N[C@H](C(=O)NCc3cccs3)C(C)C)cc2C[C@@H]1C. The summed E-state index contributed by atoms with van der Waals surface area (Å²) in [6, 6.07) is 7.64. The van der Waals surface area contributed by atoms with Crippen LogP contribution < -0.4 is 14.9 Å². The van der Waals surface area contributed by atoms with E-state index in [0.717, 1.165) is 16.1 Å². The van der Waals surface area contributed by atoms with Gasteiger partial charge < -0.3 is 10.2 Å². The van der Waals surface area contributed by atoms with Crippen molar-refractivity contribution in [2.75, 3.05) is 4.90 Å². The van der Waals surface area contributed by atoms with Gasteiger partial charge in [0.05, 0.1) is 11.4 Å². The molecule has 0 unspecified atom stereocenters. The molecule has 0 saturated carbocycles. The van der Waals surface area contributed by atoms with Gasteiger partial charge in [0.2, 0.25) is 21.8 Å². The molecule has 9 heteroatoms. The number of nitrogens with one attached hydrogen (secondary N) is 2. The average molecular weight is 450 g/mol. The Morgan fingerprint density at radius 1 is 1.27 bits per heavy atom. The van der Waals surface area contributed by atoms with E-state index in [1.165, 1.54) is 24.3 Å². The molecule has 0 aliphatic carbocycles. The van der Waals surface area contributed by atoms with Crippen LogP contribution in [0, 0.1) is 5.92 Å². The van der Waals surface area contributed by atoms with Crippen LogP contribution in [-0.2, 0) is 32.6 Å². The second kappa shape index (κ2) is 8.87. The summed E-state index contributed by atoms with van der Waals surface area (Å²) in [5.74, 6) is -0.664. The highest BCUT2D eigenvalue weighted by Crippen LogP contribution is 2.34. The lowest BCUT2D eigenvalue weighted by Crippen LogP contribution is -2.49. The number of hydrogen-bond donors (Lipinski definition) is 2. The van der Waals surface area contributed by atoms with Crippen LogP contribution >= 0.6 is 11.3 Å². The summed E-state index contributed by atoms with van der Waals surface area (Å²) in [6.07, 6.45) is 0.590. The van der Waals surface area contributed by atoms with Crippen LogP contribution in [0.1, 0.15) is 38.1 Å². The molecule has 0 spiro atoms. The molecule has 0 fully saturated rings. The van der Waals surface area contributed by atoms with Crippen molar-refractivity contribution in [3.05, 3.63) is 46.2 Å². The molecule has 2 heterocycles. The van der Waals surface area contributed by atoms with Crippen LogP contribution in [0.15, 0.2) is 40.6 Å². The van der Waals surface area contributed by atoms with Crippen molar-refractivity contribution in [3.63, 3.8) is 0 Å². The smallest absolute Gasteiger partial charge is 0.241 e. The molecular formula is C21H27N3O4S2. The van der Waals surface area contributed by atoms with Crippen LogP contribution in [0.5, 0.6) is 0 Å². The number of rotatable bonds is 7. The van der Waals surface area contributed by atoms with E-state index in [0.29, 0.717) is 13.0 Å². The van der Waals surface area contributed by atoms with Crippen LogP contribution in [0.25, 0.3) is 0 Å². The molecule has 162 valence electrons. The van der Waals surface area contributed by atoms with E-state index in [1.807, 2.05) is 24.4 Å². The Hall–Kier alpha value is -2.23. The first kappa shape index (κ1) is 22.5. The second-order valence-corrected chi connectivity index (χ2v) is 10.6. The lowest BCUT2D eigenvalue weighted by molar-refractivity contribution is -0.123. The number of benzene rings is 1. The fourth-order valence-corrected chi connectivity index (χ4v) is 5.72. The number of carbonyl (C=O) groups excluding carboxylic acids is 2. The largest absolute Gasteiger partial charge is 0.350 e. The van der Waals surface area contributed by atoms with Crippen molar-refractivity contribution >= 4 is 38.9 Å². The molecule has 1 aromatic heterocycles. The number of carbonyl (C=O) groups is 2. The predicted octanol–water partition coefficient (Wildman–Crippen LogP) is 2.66. The van der Waals surface area contributed by atoms with Gasteiger partial charge >= 0.3 is 0 Å². The molecule has 2 amide bonds. The quantitative estimate of drug-likeness (QED) is 0.679. The van der Waals surface area contributed by atoms with Gasteiger partial charge in [-0.15, -0.1) is 11.3 Å². The van der Waals surface area contributed by atoms with Crippen LogP contribution in [-0.4, -0.2) is 32.3 Å². The molecule has 2 atom stereocenters. The number of fused-ring (bicyclic) bond motifs is 1. The van der Waals surface area contributed by atoms with Crippen LogP contribution in [0.3, 0.4) is 0 Å². The molecule has 1 aromatic carbocycles. The third kappa shape index (κ3) is 4.74. The van der Waals surface area contributed by atoms with Gasteiger partial charge in [0.25, 0.3) is 0 Å². The number of nitrogens with zero attached hydrogens (tertiary/aromatic N) is 1. The third-order valence-corrected chi connectivity index (χ3v) is 7.48. The average Bonchev–Trinajstić information content (AvgIpc) is 3.29. The molecule has 0 radical (unpaired) electrons. The summed E-state index contributed by atoms with van der Waals surface area (Å²) in [6.45, 7) is 7.39. The molecule has 0 bridgehead atoms. The molecule has 1 aliphatic heterocycles. The van der Waals surface area contributed by atoms with Gasteiger partial charge in [0.1, 0.15) is 6.04 Å². The third-order valence-electron chi connectivity index (χ3n) is 5.16. The van der Waals surface area contributed by atoms with Crippen molar-refractivity contribution in [2.24, 2.45) is 5.92 Å². The van der Waals surface area contributed by atoms with Crippen molar-refractivity contribution in [3.8, 4) is 0 Å². The first-order chi connectivity index (χ1) is 14.1. The summed E-state index contributed by atoms with van der Waals surface area (Å²) in [5, 5.41) is 4.73. The zero-order valence-electron chi connectivity index (χ0n) is 17.5. The van der Waals surface area contributed by atoms with Gasteiger partial charge in [0, 0.05) is 23.5 Å². The van der Waals surface area contributed by atoms with Crippen molar-refractivity contribution < 1.29 is 18.0 Å². The lowest BCUT2D eigenvalue weighted by Gasteiger charge is -2.22. The molecule has 30 heavy (non-hydrogen) atoms. The van der Waals surface area contributed by atoms with Crippen LogP contribution in [0.4, 0.5) is 5.69 Å². The van der Waals surface area contributed by atoms with E-state index in [4.69, 9.17) is 0 Å². The highest BCUT2D eigenvalue weighted by Gasteiger charge is 2.32. The van der Waals surface area contributed by atoms with E-state index < -0.39 is 16.1 Å². The van der Waals surface area contributed by atoms with Crippen molar-refractivity contribution in [1.29, 1.82) is 0 Å². The van der Waals surface area contributed by atoms with Crippen molar-refractivity contribution in [1.82, 2.24) is 10.0 Å². The van der Waals surface area contributed by atoms with E-state index in [9.17, 15) is 18.0 Å². The van der Waals surface area contributed by atoms with E-state index >= 15 is 0 Å². The number of hydrogen-bond acceptors (Lipinski definition) is 5. The normalized spacial score (nSPS) is 17.1. The Kier molecular flexibility index (Phi) is 6.64. The summed E-state index contributed by atoms with van der Waals surface area (Å²) in [4.78, 5) is 27.3. The summed E-state index contributed by atoms with van der Waals surface area (Å²) < 4.78 is 28.6. The van der Waals surface area contributed by atoms with Gasteiger partial charge in [-0.3, -0.25) is 9.59 Å². The Bertz CT molecular complexity index is 1030. The minimum absolute atomic E-state index is 0.0187. The molecule has 3 rings (SSSR count). The molecule has 1 aliphatic rings. The molecule has 7 nitrogen and oxygen atoms in total. The fraction of sp³-hybridized carbons (Fsp3) is 0.429. The first-order valence-corrected chi connectivity index (χ1v) is 12.2. The lowest BCUT2D eigenvalue weighted by atomic mass is 10.1. The summed E-state index contributed by atoms with van der Waals surface area (Å²) >= 11 is 1.53. The first-order valence-electron chi connectivity index (χ1n) is 9.85. The highest BCUT2D eigenvalue weighted by atomic mass is 32.2. The number of anilines is 1. The van der Waals surface area contributed by atoms with Crippen molar-refractivity contribution in [2.45, 2.75) is 57.6 Å². The zero-order chi connectivity index (χ0) is 22.1. The number of amides is 2. The monoisotopic (exact) mass is 449 g/mol. The standard InChI is InChI=1S/C21H27N3O4S2/c1-13(2)20(21(26)22-12-17-6-5-9-29-17)23-30(27,28)18-7-8-19-16(11-18)10-14(3)24(19)15(4)25/h5-9,11,13-14,20,23H,10,12H2,1-4H3,(H,22,26)/t14-,20-/m0/s1. The second-order valence-electron chi connectivity index (χ2n) is 7.87. The Morgan fingerprint density at radius 2 is 2.00 bits per heavy atom. The molecular weight excluding hydrogens is 422 g/mol.